The molecule has 0 aliphatic rings. The van der Waals surface area contributed by atoms with E-state index in [9.17, 15) is 18.3 Å². The van der Waals surface area contributed by atoms with Crippen LogP contribution in [0.15, 0.2) is 53.8 Å². The Labute approximate surface area is 156 Å². The number of hydrogen-bond donors (Lipinski definition) is 3. The number of aliphatic hydroxyl groups excluding tert-OH is 1. The van der Waals surface area contributed by atoms with Gasteiger partial charge in [-0.2, -0.15) is 13.2 Å². The van der Waals surface area contributed by atoms with Crippen molar-refractivity contribution in [1.29, 1.82) is 0 Å². The van der Waals surface area contributed by atoms with Gasteiger partial charge in [-0.1, -0.05) is 12.1 Å². The molecular formula is C19H23F3N4O. The van der Waals surface area contributed by atoms with Crippen molar-refractivity contribution in [3.63, 3.8) is 0 Å². The third kappa shape index (κ3) is 6.25. The van der Waals surface area contributed by atoms with E-state index < -0.39 is 23.9 Å². The lowest BCUT2D eigenvalue weighted by atomic mass is 10.1. The first kappa shape index (κ1) is 20.7. The van der Waals surface area contributed by atoms with Gasteiger partial charge in [0.25, 0.3) is 0 Å². The number of nitrogens with zero attached hydrogens (tertiary/aromatic N) is 2. The van der Waals surface area contributed by atoms with Gasteiger partial charge in [0.1, 0.15) is 0 Å². The zero-order valence-corrected chi connectivity index (χ0v) is 15.2. The maximum absolute atomic E-state index is 12.9. The molecule has 0 amide bonds. The van der Waals surface area contributed by atoms with Crippen molar-refractivity contribution in [1.82, 2.24) is 15.6 Å². The van der Waals surface area contributed by atoms with Gasteiger partial charge in [-0.15, -0.1) is 0 Å². The third-order valence-corrected chi connectivity index (χ3v) is 3.92. The second kappa shape index (κ2) is 9.36. The molecule has 2 aromatic rings. The van der Waals surface area contributed by atoms with Gasteiger partial charge in [0.2, 0.25) is 0 Å². The van der Waals surface area contributed by atoms with Crippen LogP contribution in [-0.2, 0) is 6.18 Å². The highest BCUT2D eigenvalue weighted by atomic mass is 19.4. The Morgan fingerprint density at radius 3 is 2.52 bits per heavy atom. The number of alkyl halides is 3. The maximum Gasteiger partial charge on any atom is 0.416 e. The minimum Gasteiger partial charge on any atom is -0.386 e. The van der Waals surface area contributed by atoms with E-state index in [0.717, 1.165) is 12.1 Å². The Morgan fingerprint density at radius 2 is 1.89 bits per heavy atom. The summed E-state index contributed by atoms with van der Waals surface area (Å²) in [5.74, 6) is 0.413. The summed E-state index contributed by atoms with van der Waals surface area (Å²) in [6.07, 6.45) is -2.02. The standard InChI is InChI=1S/C19H23F3N4O/c1-3-24-18(25-12-17(27)14-7-9-23-10-8-14)26-13(2)15-5-4-6-16(11-15)19(20,21)22/h4-11,13,17,27H,3,12H2,1-2H3,(H2,24,25,26). The van der Waals surface area contributed by atoms with Crippen molar-refractivity contribution >= 4 is 5.96 Å². The highest BCUT2D eigenvalue weighted by Crippen LogP contribution is 2.30. The summed E-state index contributed by atoms with van der Waals surface area (Å²) >= 11 is 0. The summed E-state index contributed by atoms with van der Waals surface area (Å²) in [7, 11) is 0. The van der Waals surface area contributed by atoms with Crippen molar-refractivity contribution in [2.45, 2.75) is 32.2 Å². The number of aliphatic hydroxyl groups is 1. The van der Waals surface area contributed by atoms with Crippen LogP contribution in [0.2, 0.25) is 0 Å². The molecule has 0 saturated carbocycles. The lowest BCUT2D eigenvalue weighted by molar-refractivity contribution is -0.137. The van der Waals surface area contributed by atoms with E-state index in [1.807, 2.05) is 6.92 Å². The normalized spacial score (nSPS) is 14.5. The van der Waals surface area contributed by atoms with Crippen LogP contribution in [0.5, 0.6) is 0 Å². The highest BCUT2D eigenvalue weighted by Gasteiger charge is 2.30. The monoisotopic (exact) mass is 380 g/mol. The van der Waals surface area contributed by atoms with Crippen LogP contribution in [0.25, 0.3) is 0 Å². The van der Waals surface area contributed by atoms with Crippen LogP contribution in [-0.4, -0.2) is 29.1 Å². The van der Waals surface area contributed by atoms with Crippen molar-refractivity contribution in [3.8, 4) is 0 Å². The van der Waals surface area contributed by atoms with Gasteiger partial charge < -0.3 is 15.7 Å². The van der Waals surface area contributed by atoms with Crippen LogP contribution < -0.4 is 10.6 Å². The Morgan fingerprint density at radius 1 is 1.19 bits per heavy atom. The molecule has 27 heavy (non-hydrogen) atoms. The van der Waals surface area contributed by atoms with E-state index in [4.69, 9.17) is 0 Å². The second-order valence-electron chi connectivity index (χ2n) is 6.01. The number of aliphatic imine (C=N–C) groups is 1. The molecule has 8 heteroatoms. The molecule has 0 spiro atoms. The van der Waals surface area contributed by atoms with E-state index in [2.05, 4.69) is 20.6 Å². The van der Waals surface area contributed by atoms with E-state index >= 15 is 0 Å². The summed E-state index contributed by atoms with van der Waals surface area (Å²) in [5.41, 5.74) is 0.490. The van der Waals surface area contributed by atoms with Crippen LogP contribution in [0.3, 0.4) is 0 Å². The summed E-state index contributed by atoms with van der Waals surface area (Å²) in [6, 6.07) is 8.17. The summed E-state index contributed by atoms with van der Waals surface area (Å²) < 4.78 is 38.7. The van der Waals surface area contributed by atoms with Crippen molar-refractivity contribution < 1.29 is 18.3 Å². The van der Waals surface area contributed by atoms with Crippen LogP contribution in [0.4, 0.5) is 13.2 Å². The summed E-state index contributed by atoms with van der Waals surface area (Å²) in [5, 5.41) is 16.3. The fraction of sp³-hybridized carbons (Fsp3) is 0.368. The molecular weight excluding hydrogens is 357 g/mol. The number of halogens is 3. The molecule has 0 fully saturated rings. The minimum atomic E-state index is -4.39. The van der Waals surface area contributed by atoms with Gasteiger partial charge in [0.15, 0.2) is 5.96 Å². The summed E-state index contributed by atoms with van der Waals surface area (Å²) in [4.78, 5) is 8.23. The Kier molecular flexibility index (Phi) is 7.18. The molecule has 2 atom stereocenters. The average molecular weight is 380 g/mol. The van der Waals surface area contributed by atoms with Gasteiger partial charge in [0, 0.05) is 18.9 Å². The summed E-state index contributed by atoms with van der Waals surface area (Å²) in [6.45, 7) is 4.31. The topological polar surface area (TPSA) is 69.5 Å². The number of rotatable bonds is 6. The number of aromatic nitrogens is 1. The van der Waals surface area contributed by atoms with Gasteiger partial charge in [-0.3, -0.25) is 9.98 Å². The number of pyridine rings is 1. The van der Waals surface area contributed by atoms with E-state index in [1.165, 1.54) is 6.07 Å². The number of benzene rings is 1. The molecule has 0 radical (unpaired) electrons. The fourth-order valence-corrected chi connectivity index (χ4v) is 2.46. The number of hydrogen-bond acceptors (Lipinski definition) is 3. The zero-order valence-electron chi connectivity index (χ0n) is 15.2. The van der Waals surface area contributed by atoms with Gasteiger partial charge in [0.05, 0.1) is 24.3 Å². The molecule has 2 unspecified atom stereocenters. The zero-order chi connectivity index (χ0) is 19.9. The average Bonchev–Trinajstić information content (AvgIpc) is 2.66. The van der Waals surface area contributed by atoms with Crippen LogP contribution in [0.1, 0.15) is 42.7 Å². The molecule has 0 aliphatic heterocycles. The van der Waals surface area contributed by atoms with E-state index in [0.29, 0.717) is 23.6 Å². The van der Waals surface area contributed by atoms with Crippen molar-refractivity contribution in [3.05, 3.63) is 65.5 Å². The van der Waals surface area contributed by atoms with Crippen molar-refractivity contribution in [2.75, 3.05) is 13.1 Å². The van der Waals surface area contributed by atoms with Crippen molar-refractivity contribution in [2.24, 2.45) is 4.99 Å². The molecule has 1 heterocycles. The van der Waals surface area contributed by atoms with E-state index in [-0.39, 0.29) is 6.54 Å². The maximum atomic E-state index is 12.9. The molecule has 0 bridgehead atoms. The van der Waals surface area contributed by atoms with Gasteiger partial charge >= 0.3 is 6.18 Å². The molecule has 3 N–H and O–H groups in total. The third-order valence-electron chi connectivity index (χ3n) is 3.92. The molecule has 1 aromatic carbocycles. The first-order valence-electron chi connectivity index (χ1n) is 8.61. The van der Waals surface area contributed by atoms with E-state index in [1.54, 1.807) is 37.5 Å². The molecule has 146 valence electrons. The Balaban J connectivity index is 2.08. The Hall–Kier alpha value is -2.61. The number of nitrogens with one attached hydrogen (secondary N) is 2. The number of guanidine groups is 1. The largest absolute Gasteiger partial charge is 0.416 e. The Bertz CT molecular complexity index is 750. The smallest absolute Gasteiger partial charge is 0.386 e. The van der Waals surface area contributed by atoms with Gasteiger partial charge in [-0.05, 0) is 49.2 Å². The molecule has 1 aromatic heterocycles. The molecule has 0 aliphatic carbocycles. The predicted molar refractivity (Wildman–Crippen MR) is 98.2 cm³/mol. The minimum absolute atomic E-state index is 0.106. The molecule has 5 nitrogen and oxygen atoms in total. The lowest BCUT2D eigenvalue weighted by Crippen LogP contribution is -2.39. The fourth-order valence-electron chi connectivity index (χ4n) is 2.46. The lowest BCUT2D eigenvalue weighted by Gasteiger charge is -2.20. The molecule has 2 rings (SSSR count). The predicted octanol–water partition coefficient (Wildman–Crippen LogP) is 3.45. The van der Waals surface area contributed by atoms with Gasteiger partial charge in [-0.25, -0.2) is 0 Å². The first-order chi connectivity index (χ1) is 12.8. The first-order valence-corrected chi connectivity index (χ1v) is 8.61. The molecule has 0 saturated heterocycles. The highest BCUT2D eigenvalue weighted by molar-refractivity contribution is 5.80. The quantitative estimate of drug-likeness (QED) is 0.530. The van der Waals surface area contributed by atoms with Crippen LogP contribution in [0, 0.1) is 0 Å². The second-order valence-corrected chi connectivity index (χ2v) is 6.01. The SMILES string of the molecule is CCNC(=NCC(O)c1ccncc1)NC(C)c1cccc(C(F)(F)F)c1. The van der Waals surface area contributed by atoms with Crippen LogP contribution >= 0.6 is 0 Å².